The number of benzene rings is 1. The van der Waals surface area contributed by atoms with Gasteiger partial charge in [0.2, 0.25) is 5.91 Å². The summed E-state index contributed by atoms with van der Waals surface area (Å²) in [5.74, 6) is -1.28. The van der Waals surface area contributed by atoms with Crippen LogP contribution in [0.5, 0.6) is 0 Å². The highest BCUT2D eigenvalue weighted by Gasteiger charge is 2.54. The summed E-state index contributed by atoms with van der Waals surface area (Å²) in [6.07, 6.45) is 2.11. The Balaban J connectivity index is 1.76. The Kier molecular flexibility index (Phi) is 4.58. The molecule has 1 N–H and O–H groups in total. The van der Waals surface area contributed by atoms with Crippen LogP contribution < -0.4 is 0 Å². The lowest BCUT2D eigenvalue weighted by Gasteiger charge is -2.28. The van der Waals surface area contributed by atoms with Crippen molar-refractivity contribution in [3.8, 4) is 0 Å². The van der Waals surface area contributed by atoms with Gasteiger partial charge in [0.15, 0.2) is 0 Å². The van der Waals surface area contributed by atoms with Gasteiger partial charge in [-0.25, -0.2) is 4.39 Å². The summed E-state index contributed by atoms with van der Waals surface area (Å²) in [6, 6.07) is 6.16. The molecule has 1 aromatic carbocycles. The Labute approximate surface area is 140 Å². The van der Waals surface area contributed by atoms with Gasteiger partial charge in [-0.05, 0) is 37.3 Å². The lowest BCUT2D eigenvalue weighted by molar-refractivity contribution is -0.142. The number of halogens is 1. The van der Waals surface area contributed by atoms with Crippen molar-refractivity contribution in [2.45, 2.75) is 44.2 Å². The van der Waals surface area contributed by atoms with Crippen molar-refractivity contribution in [3.63, 3.8) is 0 Å². The maximum atomic E-state index is 13.9. The van der Waals surface area contributed by atoms with E-state index in [4.69, 9.17) is 9.84 Å². The maximum Gasteiger partial charge on any atom is 0.305 e. The molecule has 0 bridgehead atoms. The Hall–Kier alpha value is -1.95. The number of hydrogen-bond acceptors (Lipinski definition) is 3. The second-order valence-electron chi connectivity index (χ2n) is 6.85. The summed E-state index contributed by atoms with van der Waals surface area (Å²) in [4.78, 5) is 25.8. The first kappa shape index (κ1) is 16.9. The fourth-order valence-electron chi connectivity index (χ4n) is 3.62. The van der Waals surface area contributed by atoms with Gasteiger partial charge in [-0.15, -0.1) is 0 Å². The Bertz CT molecular complexity index is 644. The van der Waals surface area contributed by atoms with Crippen LogP contribution in [0, 0.1) is 11.2 Å². The molecule has 0 spiro atoms. The number of ether oxygens (including phenoxy) is 1. The number of amides is 1. The number of hydrogen-bond donors (Lipinski definition) is 1. The second kappa shape index (κ2) is 6.51. The average Bonchev–Trinajstić information content (AvgIpc) is 3.22. The number of likely N-dealkylation sites (tertiary alicyclic amines) is 1. The number of nitrogens with zero attached hydrogens (tertiary/aromatic N) is 1. The minimum atomic E-state index is -0.923. The van der Waals surface area contributed by atoms with Gasteiger partial charge < -0.3 is 14.7 Å². The Morgan fingerprint density at radius 3 is 2.67 bits per heavy atom. The quantitative estimate of drug-likeness (QED) is 0.866. The van der Waals surface area contributed by atoms with Gasteiger partial charge >= 0.3 is 5.97 Å². The molecular formula is C18H22FNO4. The smallest absolute Gasteiger partial charge is 0.305 e. The third-order valence-corrected chi connectivity index (χ3v) is 5.17. The van der Waals surface area contributed by atoms with Crippen molar-refractivity contribution in [2.75, 3.05) is 13.7 Å². The van der Waals surface area contributed by atoms with E-state index in [9.17, 15) is 14.0 Å². The normalized spacial score (nSPS) is 24.8. The molecule has 1 saturated heterocycles. The molecular weight excluding hydrogens is 313 g/mol. The number of carboxylic acid groups (broad SMARTS) is 1. The third kappa shape index (κ3) is 3.29. The molecule has 1 aliphatic carbocycles. The topological polar surface area (TPSA) is 66.8 Å². The molecule has 2 unspecified atom stereocenters. The molecule has 0 radical (unpaired) electrons. The number of carboxylic acids is 1. The standard InChI is InChI=1S/C18H22FNO4/c1-24-14-8-13(9-16(21)22)20(11-14)17(23)18(6-7-18)10-12-4-2-3-5-15(12)19/h2-5,13-14H,6-11H2,1H3,(H,21,22). The summed E-state index contributed by atoms with van der Waals surface area (Å²) in [7, 11) is 1.57. The van der Waals surface area contributed by atoms with E-state index in [0.717, 1.165) is 0 Å². The molecule has 130 valence electrons. The molecule has 1 heterocycles. The van der Waals surface area contributed by atoms with E-state index >= 15 is 0 Å². The van der Waals surface area contributed by atoms with E-state index in [2.05, 4.69) is 0 Å². The Morgan fingerprint density at radius 2 is 2.08 bits per heavy atom. The van der Waals surface area contributed by atoms with Crippen molar-refractivity contribution < 1.29 is 23.8 Å². The minimum absolute atomic E-state index is 0.0587. The van der Waals surface area contributed by atoms with Gasteiger partial charge in [-0.1, -0.05) is 18.2 Å². The molecule has 1 amide bonds. The van der Waals surface area contributed by atoms with E-state index in [1.54, 1.807) is 30.2 Å². The summed E-state index contributed by atoms with van der Waals surface area (Å²) < 4.78 is 19.3. The van der Waals surface area contributed by atoms with Crippen LogP contribution in [0.2, 0.25) is 0 Å². The number of aliphatic carboxylic acids is 1. The summed E-state index contributed by atoms with van der Waals surface area (Å²) in [5.41, 5.74) is -0.0395. The summed E-state index contributed by atoms with van der Waals surface area (Å²) >= 11 is 0. The van der Waals surface area contributed by atoms with Gasteiger partial charge in [0, 0.05) is 19.7 Å². The van der Waals surface area contributed by atoms with Crippen LogP contribution in [-0.2, 0) is 20.7 Å². The predicted molar refractivity (Wildman–Crippen MR) is 84.9 cm³/mol. The first-order valence-corrected chi connectivity index (χ1v) is 8.24. The zero-order valence-corrected chi connectivity index (χ0v) is 13.7. The molecule has 0 aromatic heterocycles. The molecule has 2 aliphatic rings. The van der Waals surface area contributed by atoms with Gasteiger partial charge in [0.25, 0.3) is 0 Å². The molecule has 1 saturated carbocycles. The molecule has 6 heteroatoms. The van der Waals surface area contributed by atoms with Crippen LogP contribution in [0.3, 0.4) is 0 Å². The predicted octanol–water partition coefficient (Wildman–Crippen LogP) is 2.24. The zero-order chi connectivity index (χ0) is 17.3. The lowest BCUT2D eigenvalue weighted by Crippen LogP contribution is -2.42. The lowest BCUT2D eigenvalue weighted by atomic mass is 9.94. The molecule has 1 aromatic rings. The minimum Gasteiger partial charge on any atom is -0.481 e. The molecule has 3 rings (SSSR count). The number of carbonyl (C=O) groups is 2. The van der Waals surface area contributed by atoms with E-state index in [-0.39, 0.29) is 30.3 Å². The molecule has 2 fully saturated rings. The van der Waals surface area contributed by atoms with Gasteiger partial charge in [-0.3, -0.25) is 9.59 Å². The molecule has 24 heavy (non-hydrogen) atoms. The van der Waals surface area contributed by atoms with Crippen LogP contribution in [-0.4, -0.2) is 47.7 Å². The fraction of sp³-hybridized carbons (Fsp3) is 0.556. The van der Waals surface area contributed by atoms with Crippen LogP contribution in [0.15, 0.2) is 24.3 Å². The van der Waals surface area contributed by atoms with Crippen molar-refractivity contribution in [1.82, 2.24) is 4.90 Å². The van der Waals surface area contributed by atoms with Crippen molar-refractivity contribution in [3.05, 3.63) is 35.6 Å². The second-order valence-corrected chi connectivity index (χ2v) is 6.85. The summed E-state index contributed by atoms with van der Waals surface area (Å²) in [5, 5.41) is 9.09. The van der Waals surface area contributed by atoms with E-state index in [0.29, 0.717) is 37.8 Å². The van der Waals surface area contributed by atoms with E-state index in [1.807, 2.05) is 0 Å². The van der Waals surface area contributed by atoms with Gasteiger partial charge in [0.1, 0.15) is 5.82 Å². The van der Waals surface area contributed by atoms with Crippen molar-refractivity contribution >= 4 is 11.9 Å². The SMILES string of the molecule is COC1CC(CC(=O)O)N(C(=O)C2(Cc3ccccc3F)CC2)C1. The third-order valence-electron chi connectivity index (χ3n) is 5.17. The highest BCUT2D eigenvalue weighted by atomic mass is 19.1. The largest absolute Gasteiger partial charge is 0.481 e. The van der Waals surface area contributed by atoms with Crippen LogP contribution in [0.1, 0.15) is 31.2 Å². The van der Waals surface area contributed by atoms with Gasteiger partial charge in [0.05, 0.1) is 17.9 Å². The maximum absolute atomic E-state index is 13.9. The average molecular weight is 335 g/mol. The Morgan fingerprint density at radius 1 is 1.38 bits per heavy atom. The highest BCUT2D eigenvalue weighted by molar-refractivity contribution is 5.86. The van der Waals surface area contributed by atoms with Crippen molar-refractivity contribution in [1.29, 1.82) is 0 Å². The zero-order valence-electron chi connectivity index (χ0n) is 13.7. The first-order chi connectivity index (χ1) is 11.4. The van der Waals surface area contributed by atoms with Gasteiger partial charge in [-0.2, -0.15) is 0 Å². The van der Waals surface area contributed by atoms with E-state index in [1.165, 1.54) is 6.07 Å². The van der Waals surface area contributed by atoms with Crippen molar-refractivity contribution in [2.24, 2.45) is 5.41 Å². The number of methoxy groups -OCH3 is 1. The molecule has 5 nitrogen and oxygen atoms in total. The number of rotatable bonds is 6. The highest BCUT2D eigenvalue weighted by Crippen LogP contribution is 2.51. The molecule has 2 atom stereocenters. The first-order valence-electron chi connectivity index (χ1n) is 8.24. The fourth-order valence-corrected chi connectivity index (χ4v) is 3.62. The number of carbonyl (C=O) groups excluding carboxylic acids is 1. The summed E-state index contributed by atoms with van der Waals surface area (Å²) in [6.45, 7) is 0.409. The van der Waals surface area contributed by atoms with Crippen LogP contribution in [0.25, 0.3) is 0 Å². The molecule has 1 aliphatic heterocycles. The monoisotopic (exact) mass is 335 g/mol. The van der Waals surface area contributed by atoms with Crippen LogP contribution in [0.4, 0.5) is 4.39 Å². The van der Waals surface area contributed by atoms with E-state index < -0.39 is 11.4 Å². The van der Waals surface area contributed by atoms with Crippen LogP contribution >= 0.6 is 0 Å².